The summed E-state index contributed by atoms with van der Waals surface area (Å²) in [4.78, 5) is 0. The molecule has 0 saturated carbocycles. The van der Waals surface area contributed by atoms with E-state index >= 15 is 0 Å². The van der Waals surface area contributed by atoms with Crippen LogP contribution in [0, 0.1) is 11.6 Å². The Morgan fingerprint density at radius 3 is 2.81 bits per heavy atom. The molecular weight excluding hydrogens is 212 g/mol. The molecule has 4 heteroatoms. The Morgan fingerprint density at radius 2 is 2.12 bits per heavy atom. The number of nitrogens with two attached hydrogens (primary N) is 1. The molecule has 0 bridgehead atoms. The molecule has 0 saturated heterocycles. The minimum absolute atomic E-state index is 0.0370. The van der Waals surface area contributed by atoms with Crippen molar-refractivity contribution in [1.29, 1.82) is 0 Å². The van der Waals surface area contributed by atoms with E-state index in [1.54, 1.807) is 0 Å². The van der Waals surface area contributed by atoms with Gasteiger partial charge in [0.05, 0.1) is 6.61 Å². The normalized spacial score (nSPS) is 12.5. The Hall–Kier alpha value is -1.16. The smallest absolute Gasteiger partial charge is 0.200 e. The predicted molar refractivity (Wildman–Crippen MR) is 59.4 cm³/mol. The van der Waals surface area contributed by atoms with Crippen LogP contribution in [0.1, 0.15) is 26.2 Å². The number of hydrogen-bond donors (Lipinski definition) is 1. The van der Waals surface area contributed by atoms with Gasteiger partial charge >= 0.3 is 0 Å². The number of benzene rings is 1. The molecular formula is C12H17F2NO. The molecule has 2 N–H and O–H groups in total. The van der Waals surface area contributed by atoms with Gasteiger partial charge in [0.15, 0.2) is 11.6 Å². The van der Waals surface area contributed by atoms with E-state index in [1.807, 2.05) is 6.92 Å². The van der Waals surface area contributed by atoms with Crippen molar-refractivity contribution < 1.29 is 13.5 Å². The van der Waals surface area contributed by atoms with Crippen LogP contribution in [0.2, 0.25) is 0 Å². The topological polar surface area (TPSA) is 35.2 Å². The molecule has 1 unspecified atom stereocenters. The number of halogens is 2. The molecule has 1 atom stereocenters. The molecule has 0 aliphatic rings. The summed E-state index contributed by atoms with van der Waals surface area (Å²) in [5.74, 6) is -1.85. The number of ether oxygens (including phenoxy) is 1. The Balaban J connectivity index is 2.35. The van der Waals surface area contributed by atoms with E-state index < -0.39 is 11.6 Å². The van der Waals surface area contributed by atoms with Crippen molar-refractivity contribution in [3.05, 3.63) is 29.8 Å². The van der Waals surface area contributed by atoms with Crippen LogP contribution in [0.5, 0.6) is 5.75 Å². The minimum atomic E-state index is -0.928. The van der Waals surface area contributed by atoms with E-state index in [0.717, 1.165) is 25.3 Å². The van der Waals surface area contributed by atoms with Crippen LogP contribution >= 0.6 is 0 Å². The summed E-state index contributed by atoms with van der Waals surface area (Å²) in [6.45, 7) is 2.37. The molecule has 16 heavy (non-hydrogen) atoms. The summed E-state index contributed by atoms with van der Waals surface area (Å²) in [5.41, 5.74) is 5.72. The predicted octanol–water partition coefficient (Wildman–Crippen LogP) is 2.86. The van der Waals surface area contributed by atoms with Gasteiger partial charge in [-0.05, 0) is 31.4 Å². The van der Waals surface area contributed by atoms with Crippen molar-refractivity contribution in [3.8, 4) is 5.75 Å². The zero-order valence-electron chi connectivity index (χ0n) is 9.38. The van der Waals surface area contributed by atoms with Gasteiger partial charge in [-0.25, -0.2) is 4.39 Å². The number of rotatable bonds is 6. The van der Waals surface area contributed by atoms with Crippen LogP contribution in [-0.4, -0.2) is 12.6 Å². The van der Waals surface area contributed by atoms with Gasteiger partial charge in [0.1, 0.15) is 0 Å². The van der Waals surface area contributed by atoms with Gasteiger partial charge in [0.2, 0.25) is 5.82 Å². The molecule has 0 amide bonds. The highest BCUT2D eigenvalue weighted by Crippen LogP contribution is 2.19. The van der Waals surface area contributed by atoms with Crippen LogP contribution in [-0.2, 0) is 0 Å². The molecule has 90 valence electrons. The van der Waals surface area contributed by atoms with Gasteiger partial charge < -0.3 is 10.5 Å². The lowest BCUT2D eigenvalue weighted by atomic mass is 10.1. The van der Waals surface area contributed by atoms with Crippen molar-refractivity contribution in [2.45, 2.75) is 32.2 Å². The largest absolute Gasteiger partial charge is 0.490 e. The molecule has 1 aromatic carbocycles. The first-order valence-electron chi connectivity index (χ1n) is 5.47. The van der Waals surface area contributed by atoms with Crippen LogP contribution in [0.25, 0.3) is 0 Å². The second-order valence-corrected chi connectivity index (χ2v) is 3.71. The first-order valence-corrected chi connectivity index (χ1v) is 5.47. The Morgan fingerprint density at radius 1 is 1.38 bits per heavy atom. The Labute approximate surface area is 94.4 Å². The highest BCUT2D eigenvalue weighted by Gasteiger charge is 2.08. The lowest BCUT2D eigenvalue weighted by Crippen LogP contribution is -2.19. The number of hydrogen-bond acceptors (Lipinski definition) is 2. The van der Waals surface area contributed by atoms with Gasteiger partial charge in [0, 0.05) is 6.04 Å². The van der Waals surface area contributed by atoms with Gasteiger partial charge in [-0.2, -0.15) is 4.39 Å². The van der Waals surface area contributed by atoms with Crippen LogP contribution in [0.4, 0.5) is 8.78 Å². The van der Waals surface area contributed by atoms with E-state index in [4.69, 9.17) is 10.5 Å². The van der Waals surface area contributed by atoms with Crippen LogP contribution in [0.15, 0.2) is 18.2 Å². The zero-order valence-corrected chi connectivity index (χ0v) is 9.38. The molecule has 0 heterocycles. The van der Waals surface area contributed by atoms with E-state index in [2.05, 4.69) is 0 Å². The van der Waals surface area contributed by atoms with Crippen LogP contribution < -0.4 is 10.5 Å². The van der Waals surface area contributed by atoms with Gasteiger partial charge in [-0.15, -0.1) is 0 Å². The van der Waals surface area contributed by atoms with Gasteiger partial charge in [-0.1, -0.05) is 13.0 Å². The highest BCUT2D eigenvalue weighted by molar-refractivity contribution is 5.24. The first-order chi connectivity index (χ1) is 7.65. The molecule has 1 aromatic rings. The Kier molecular flexibility index (Phi) is 5.19. The second-order valence-electron chi connectivity index (χ2n) is 3.71. The lowest BCUT2D eigenvalue weighted by molar-refractivity contribution is 0.282. The van der Waals surface area contributed by atoms with Crippen molar-refractivity contribution in [3.63, 3.8) is 0 Å². The quantitative estimate of drug-likeness (QED) is 0.761. The SMILES string of the molecule is CCC(N)CCCOc1cccc(F)c1F. The third-order valence-electron chi connectivity index (χ3n) is 2.42. The summed E-state index contributed by atoms with van der Waals surface area (Å²) in [5, 5.41) is 0. The fourth-order valence-electron chi connectivity index (χ4n) is 1.33. The molecule has 0 aliphatic carbocycles. The van der Waals surface area contributed by atoms with E-state index in [0.29, 0.717) is 6.61 Å². The average molecular weight is 229 g/mol. The molecule has 0 radical (unpaired) electrons. The van der Waals surface area contributed by atoms with Crippen LogP contribution in [0.3, 0.4) is 0 Å². The van der Waals surface area contributed by atoms with Gasteiger partial charge in [0.25, 0.3) is 0 Å². The third kappa shape index (κ3) is 3.77. The maximum Gasteiger partial charge on any atom is 0.200 e. The van der Waals surface area contributed by atoms with Crippen molar-refractivity contribution in [2.75, 3.05) is 6.61 Å². The summed E-state index contributed by atoms with van der Waals surface area (Å²) in [7, 11) is 0. The van der Waals surface area contributed by atoms with Crippen molar-refractivity contribution >= 4 is 0 Å². The molecule has 0 spiro atoms. The molecule has 0 aliphatic heterocycles. The maximum absolute atomic E-state index is 13.1. The summed E-state index contributed by atoms with van der Waals surface area (Å²) >= 11 is 0. The second kappa shape index (κ2) is 6.43. The average Bonchev–Trinajstić information content (AvgIpc) is 2.29. The third-order valence-corrected chi connectivity index (χ3v) is 2.42. The molecule has 2 nitrogen and oxygen atoms in total. The fourth-order valence-corrected chi connectivity index (χ4v) is 1.33. The Bertz CT molecular complexity index is 331. The molecule has 0 fully saturated rings. The van der Waals surface area contributed by atoms with E-state index in [-0.39, 0.29) is 11.8 Å². The van der Waals surface area contributed by atoms with Crippen molar-refractivity contribution in [2.24, 2.45) is 5.73 Å². The maximum atomic E-state index is 13.1. The first kappa shape index (κ1) is 12.9. The highest BCUT2D eigenvalue weighted by atomic mass is 19.2. The fraction of sp³-hybridized carbons (Fsp3) is 0.500. The summed E-state index contributed by atoms with van der Waals surface area (Å²) < 4.78 is 31.1. The standard InChI is InChI=1S/C12H17F2NO/c1-2-9(15)5-4-8-16-11-7-3-6-10(13)12(11)14/h3,6-7,9H,2,4-5,8,15H2,1H3. The lowest BCUT2D eigenvalue weighted by Gasteiger charge is -2.10. The van der Waals surface area contributed by atoms with E-state index in [9.17, 15) is 8.78 Å². The molecule has 0 aromatic heterocycles. The minimum Gasteiger partial charge on any atom is -0.490 e. The van der Waals surface area contributed by atoms with Crippen molar-refractivity contribution in [1.82, 2.24) is 0 Å². The zero-order chi connectivity index (χ0) is 12.0. The van der Waals surface area contributed by atoms with Gasteiger partial charge in [-0.3, -0.25) is 0 Å². The summed E-state index contributed by atoms with van der Waals surface area (Å²) in [6, 6.07) is 4.06. The molecule has 1 rings (SSSR count). The van der Waals surface area contributed by atoms with E-state index in [1.165, 1.54) is 12.1 Å². The summed E-state index contributed by atoms with van der Waals surface area (Å²) in [6.07, 6.45) is 2.48. The monoisotopic (exact) mass is 229 g/mol.